The Bertz CT molecular complexity index is 497. The van der Waals surface area contributed by atoms with Crippen LogP contribution in [0.5, 0.6) is 0 Å². The van der Waals surface area contributed by atoms with Crippen LogP contribution in [-0.2, 0) is 4.79 Å². The van der Waals surface area contributed by atoms with E-state index in [1.165, 1.54) is 11.3 Å². The summed E-state index contributed by atoms with van der Waals surface area (Å²) in [5, 5.41) is 12.3. The van der Waals surface area contributed by atoms with Crippen molar-refractivity contribution in [3.05, 3.63) is 21.9 Å². The lowest BCUT2D eigenvalue weighted by Gasteiger charge is -2.38. The van der Waals surface area contributed by atoms with E-state index in [1.54, 1.807) is 13.0 Å². The highest BCUT2D eigenvalue weighted by molar-refractivity contribution is 7.13. The van der Waals surface area contributed by atoms with Gasteiger partial charge in [-0.2, -0.15) is 0 Å². The molecule has 1 amide bonds. The fourth-order valence-electron chi connectivity index (χ4n) is 2.61. The quantitative estimate of drug-likeness (QED) is 0.895. The molecule has 0 radical (unpaired) electrons. The normalized spacial score (nSPS) is 26.9. The van der Waals surface area contributed by atoms with Gasteiger partial charge in [-0.25, -0.2) is 0 Å². The SMILES string of the molecule is Cc1ccc(C(=O)NC2CCCCC2(C)C(=O)O)s1. The van der Waals surface area contributed by atoms with Gasteiger partial charge in [0.1, 0.15) is 0 Å². The van der Waals surface area contributed by atoms with Gasteiger partial charge in [0.15, 0.2) is 0 Å². The maximum Gasteiger partial charge on any atom is 0.311 e. The summed E-state index contributed by atoms with van der Waals surface area (Å²) in [6.07, 6.45) is 3.24. The van der Waals surface area contributed by atoms with Crippen molar-refractivity contribution in [1.82, 2.24) is 5.32 Å². The number of thiophene rings is 1. The van der Waals surface area contributed by atoms with Gasteiger partial charge in [0.2, 0.25) is 0 Å². The molecule has 0 bridgehead atoms. The van der Waals surface area contributed by atoms with E-state index in [2.05, 4.69) is 5.32 Å². The molecule has 1 aromatic rings. The van der Waals surface area contributed by atoms with Gasteiger partial charge in [-0.05, 0) is 38.8 Å². The summed E-state index contributed by atoms with van der Waals surface area (Å²) in [6, 6.07) is 3.40. The van der Waals surface area contributed by atoms with Crippen LogP contribution in [0.2, 0.25) is 0 Å². The van der Waals surface area contributed by atoms with Crippen LogP contribution >= 0.6 is 11.3 Å². The third-order valence-corrected chi connectivity index (χ3v) is 4.97. The number of amides is 1. The topological polar surface area (TPSA) is 66.4 Å². The van der Waals surface area contributed by atoms with Gasteiger partial charge < -0.3 is 10.4 Å². The minimum atomic E-state index is -0.847. The molecule has 19 heavy (non-hydrogen) atoms. The zero-order chi connectivity index (χ0) is 14.0. The summed E-state index contributed by atoms with van der Waals surface area (Å²) in [6.45, 7) is 3.68. The average molecular weight is 281 g/mol. The molecule has 1 aliphatic rings. The molecule has 0 spiro atoms. The van der Waals surface area contributed by atoms with E-state index in [0.29, 0.717) is 11.3 Å². The standard InChI is InChI=1S/C14H19NO3S/c1-9-6-7-10(19-9)12(16)15-11-5-3-4-8-14(11,2)13(17)18/h6-7,11H,3-5,8H2,1-2H3,(H,15,16)(H,17,18). The molecule has 104 valence electrons. The van der Waals surface area contributed by atoms with Crippen molar-refractivity contribution in [2.75, 3.05) is 0 Å². The van der Waals surface area contributed by atoms with Crippen LogP contribution in [0, 0.1) is 12.3 Å². The highest BCUT2D eigenvalue weighted by Gasteiger charge is 2.43. The second-order valence-corrected chi connectivity index (χ2v) is 6.69. The molecular formula is C14H19NO3S. The zero-order valence-corrected chi connectivity index (χ0v) is 12.0. The second-order valence-electron chi connectivity index (χ2n) is 5.40. The molecule has 0 aromatic carbocycles. The molecule has 2 N–H and O–H groups in total. The fourth-order valence-corrected chi connectivity index (χ4v) is 3.38. The monoisotopic (exact) mass is 281 g/mol. The van der Waals surface area contributed by atoms with E-state index in [-0.39, 0.29) is 11.9 Å². The Balaban J connectivity index is 2.12. The van der Waals surface area contributed by atoms with Crippen LogP contribution in [0.25, 0.3) is 0 Å². The summed E-state index contributed by atoms with van der Waals surface area (Å²) < 4.78 is 0. The van der Waals surface area contributed by atoms with Crippen LogP contribution in [0.1, 0.15) is 47.2 Å². The van der Waals surface area contributed by atoms with Gasteiger partial charge in [0.25, 0.3) is 5.91 Å². The Hall–Kier alpha value is -1.36. The first-order valence-corrected chi connectivity index (χ1v) is 7.36. The van der Waals surface area contributed by atoms with Gasteiger partial charge in [-0.15, -0.1) is 11.3 Å². The summed E-state index contributed by atoms with van der Waals surface area (Å²) in [5.74, 6) is -0.975. The molecule has 2 atom stereocenters. The number of aliphatic carboxylic acids is 1. The van der Waals surface area contributed by atoms with Gasteiger partial charge in [-0.1, -0.05) is 12.8 Å². The number of carbonyl (C=O) groups is 2. The van der Waals surface area contributed by atoms with E-state index in [4.69, 9.17) is 0 Å². The number of carboxylic acid groups (broad SMARTS) is 1. The van der Waals surface area contributed by atoms with Crippen LogP contribution < -0.4 is 5.32 Å². The van der Waals surface area contributed by atoms with E-state index < -0.39 is 11.4 Å². The largest absolute Gasteiger partial charge is 0.481 e. The van der Waals surface area contributed by atoms with Crippen LogP contribution in [0.15, 0.2) is 12.1 Å². The maximum atomic E-state index is 12.1. The molecule has 0 aliphatic heterocycles. The second kappa shape index (κ2) is 5.33. The maximum absolute atomic E-state index is 12.1. The van der Waals surface area contributed by atoms with E-state index in [0.717, 1.165) is 24.1 Å². The number of carbonyl (C=O) groups excluding carboxylic acids is 1. The molecule has 2 rings (SSSR count). The van der Waals surface area contributed by atoms with Gasteiger partial charge >= 0.3 is 5.97 Å². The predicted octanol–water partition coefficient (Wildman–Crippen LogP) is 2.82. The number of hydrogen-bond acceptors (Lipinski definition) is 3. The highest BCUT2D eigenvalue weighted by Crippen LogP contribution is 2.36. The third-order valence-electron chi connectivity index (χ3n) is 3.97. The Kier molecular flexibility index (Phi) is 3.94. The van der Waals surface area contributed by atoms with E-state index in [1.807, 2.05) is 13.0 Å². The number of aryl methyl sites for hydroxylation is 1. The minimum Gasteiger partial charge on any atom is -0.481 e. The summed E-state index contributed by atoms with van der Waals surface area (Å²) in [4.78, 5) is 25.3. The van der Waals surface area contributed by atoms with Crippen molar-refractivity contribution in [2.24, 2.45) is 5.41 Å². The smallest absolute Gasteiger partial charge is 0.311 e. The first-order chi connectivity index (χ1) is 8.93. The number of nitrogens with one attached hydrogen (secondary N) is 1. The van der Waals surface area contributed by atoms with Gasteiger partial charge in [-0.3, -0.25) is 9.59 Å². The molecule has 4 nitrogen and oxygen atoms in total. The lowest BCUT2D eigenvalue weighted by atomic mass is 9.71. The Morgan fingerprint density at radius 3 is 2.74 bits per heavy atom. The lowest BCUT2D eigenvalue weighted by Crippen LogP contribution is -2.52. The van der Waals surface area contributed by atoms with Crippen LogP contribution in [0.3, 0.4) is 0 Å². The summed E-state index contributed by atoms with van der Waals surface area (Å²) >= 11 is 1.43. The van der Waals surface area contributed by atoms with Crippen molar-refractivity contribution in [1.29, 1.82) is 0 Å². The number of rotatable bonds is 3. The van der Waals surface area contributed by atoms with Gasteiger partial charge in [0, 0.05) is 10.9 Å². The lowest BCUT2D eigenvalue weighted by molar-refractivity contribution is -0.151. The first-order valence-electron chi connectivity index (χ1n) is 6.54. The average Bonchev–Trinajstić information content (AvgIpc) is 2.79. The van der Waals surface area contributed by atoms with E-state index >= 15 is 0 Å². The molecule has 1 aliphatic carbocycles. The van der Waals surface area contributed by atoms with Crippen molar-refractivity contribution in [3.63, 3.8) is 0 Å². The van der Waals surface area contributed by atoms with Crippen LogP contribution in [0.4, 0.5) is 0 Å². The summed E-state index contributed by atoms with van der Waals surface area (Å²) in [5.41, 5.74) is -0.847. The van der Waals surface area contributed by atoms with Crippen molar-refractivity contribution >= 4 is 23.2 Å². The molecule has 1 saturated carbocycles. The van der Waals surface area contributed by atoms with Crippen molar-refractivity contribution in [2.45, 2.75) is 45.6 Å². The van der Waals surface area contributed by atoms with Gasteiger partial charge in [0.05, 0.1) is 10.3 Å². The molecule has 1 aromatic heterocycles. The first kappa shape index (κ1) is 14.1. The molecule has 5 heteroatoms. The summed E-state index contributed by atoms with van der Waals surface area (Å²) in [7, 11) is 0. The molecular weight excluding hydrogens is 262 g/mol. The van der Waals surface area contributed by atoms with Crippen molar-refractivity contribution in [3.8, 4) is 0 Å². The van der Waals surface area contributed by atoms with E-state index in [9.17, 15) is 14.7 Å². The Morgan fingerprint density at radius 2 is 2.16 bits per heavy atom. The predicted molar refractivity (Wildman–Crippen MR) is 74.5 cm³/mol. The zero-order valence-electron chi connectivity index (χ0n) is 11.2. The number of hydrogen-bond donors (Lipinski definition) is 2. The molecule has 1 fully saturated rings. The van der Waals surface area contributed by atoms with Crippen LogP contribution in [-0.4, -0.2) is 23.0 Å². The Morgan fingerprint density at radius 1 is 1.42 bits per heavy atom. The van der Waals surface area contributed by atoms with Crippen molar-refractivity contribution < 1.29 is 14.7 Å². The number of carboxylic acids is 1. The Labute approximate surface area is 116 Å². The fraction of sp³-hybridized carbons (Fsp3) is 0.571. The molecule has 0 saturated heterocycles. The third kappa shape index (κ3) is 2.81. The molecule has 1 heterocycles. The molecule has 2 unspecified atom stereocenters. The highest BCUT2D eigenvalue weighted by atomic mass is 32.1. The minimum absolute atomic E-state index is 0.155.